The number of para-hydroxylation sites is 1. The molecule has 4 aromatic rings. The van der Waals surface area contributed by atoms with E-state index in [1.54, 1.807) is 61.5 Å². The summed E-state index contributed by atoms with van der Waals surface area (Å²) in [4.78, 5) is 66.1. The molecule has 4 rings (SSSR count). The second-order valence-electron chi connectivity index (χ2n) is 9.52. The number of carboxylic acid groups (broad SMARTS) is 1. The molecular formula is C31H31N3O9. The molecule has 1 atom stereocenters. The van der Waals surface area contributed by atoms with E-state index in [1.807, 2.05) is 0 Å². The molecule has 1 heterocycles. The Morgan fingerprint density at radius 1 is 0.977 bits per heavy atom. The summed E-state index contributed by atoms with van der Waals surface area (Å²) < 4.78 is 17.6. The summed E-state index contributed by atoms with van der Waals surface area (Å²) >= 11 is 0. The van der Waals surface area contributed by atoms with Gasteiger partial charge in [-0.15, -0.1) is 0 Å². The molecule has 224 valence electrons. The van der Waals surface area contributed by atoms with E-state index >= 15 is 0 Å². The van der Waals surface area contributed by atoms with Crippen LogP contribution in [0.4, 0.5) is 0 Å². The second-order valence-corrected chi connectivity index (χ2v) is 9.52. The molecule has 0 saturated heterocycles. The Bertz CT molecular complexity index is 1690. The Morgan fingerprint density at radius 3 is 2.23 bits per heavy atom. The first kappa shape index (κ1) is 30.6. The van der Waals surface area contributed by atoms with Gasteiger partial charge in [-0.2, -0.15) is 0 Å². The third-order valence-corrected chi connectivity index (χ3v) is 6.81. The maximum Gasteiger partial charge on any atom is 0.330 e. The number of hydrogen-bond donors (Lipinski definition) is 1. The lowest BCUT2D eigenvalue weighted by atomic mass is 10.0. The number of benzene rings is 3. The average Bonchev–Trinajstić information content (AvgIpc) is 3.29. The van der Waals surface area contributed by atoms with Gasteiger partial charge < -0.3 is 24.2 Å². The van der Waals surface area contributed by atoms with Crippen LogP contribution >= 0.6 is 0 Å². The minimum atomic E-state index is -1.62. The number of hydrogen-bond acceptors (Lipinski definition) is 8. The molecule has 0 spiro atoms. The van der Waals surface area contributed by atoms with Crippen molar-refractivity contribution >= 4 is 35.2 Å². The molecular weight excluding hydrogens is 558 g/mol. The van der Waals surface area contributed by atoms with Crippen LogP contribution in [0, 0.1) is 0 Å². The minimum absolute atomic E-state index is 0.0203. The van der Waals surface area contributed by atoms with E-state index in [2.05, 4.69) is 0 Å². The smallest absolute Gasteiger partial charge is 0.330 e. The number of esters is 1. The van der Waals surface area contributed by atoms with E-state index in [1.165, 1.54) is 31.3 Å². The molecule has 0 saturated carbocycles. The van der Waals surface area contributed by atoms with Crippen LogP contribution in [0.15, 0.2) is 71.5 Å². The molecule has 0 aliphatic rings. The molecule has 1 unspecified atom stereocenters. The number of methoxy groups -OCH3 is 2. The largest absolute Gasteiger partial charge is 0.497 e. The normalized spacial score (nSPS) is 11.5. The Labute approximate surface area is 246 Å². The SMILES string of the molecule is CCOC(=O)Cn1c(=O)n(C(CN(C=O)Cc2cc(OC)cc(OC)c2)C(=O)O)c2c(C(=O)c3ccccc3)cccc21. The third-order valence-electron chi connectivity index (χ3n) is 6.81. The van der Waals surface area contributed by atoms with Crippen molar-refractivity contribution in [2.75, 3.05) is 27.4 Å². The van der Waals surface area contributed by atoms with Gasteiger partial charge in [0.1, 0.15) is 18.0 Å². The molecule has 0 aliphatic carbocycles. The first-order chi connectivity index (χ1) is 20.7. The summed E-state index contributed by atoms with van der Waals surface area (Å²) in [6.07, 6.45) is 0.473. The number of aromatic nitrogens is 2. The zero-order valence-electron chi connectivity index (χ0n) is 23.9. The highest BCUT2D eigenvalue weighted by Gasteiger charge is 2.31. The van der Waals surface area contributed by atoms with Gasteiger partial charge >= 0.3 is 17.6 Å². The van der Waals surface area contributed by atoms with E-state index < -0.39 is 42.5 Å². The molecule has 12 nitrogen and oxygen atoms in total. The quantitative estimate of drug-likeness (QED) is 0.133. The van der Waals surface area contributed by atoms with Crippen LogP contribution in [-0.4, -0.2) is 70.6 Å². The number of carbonyl (C=O) groups is 4. The fourth-order valence-corrected chi connectivity index (χ4v) is 4.87. The molecule has 1 N–H and O–H groups in total. The van der Waals surface area contributed by atoms with E-state index in [0.717, 1.165) is 9.13 Å². The number of nitrogens with zero attached hydrogens (tertiary/aromatic N) is 3. The molecule has 43 heavy (non-hydrogen) atoms. The fourth-order valence-electron chi connectivity index (χ4n) is 4.87. The maximum atomic E-state index is 13.9. The van der Waals surface area contributed by atoms with Crippen LogP contribution in [0.5, 0.6) is 11.5 Å². The lowest BCUT2D eigenvalue weighted by molar-refractivity contribution is -0.144. The standard InChI is InChI=1S/C31H31N3O9/c1-4-43-27(36)18-33-25-12-8-11-24(29(37)21-9-6-5-7-10-21)28(25)34(31(33)40)26(30(38)39)17-32(19-35)16-20-13-22(41-2)15-23(14-20)42-3/h5-15,19,26H,4,16-18H2,1-3H3,(H,38,39). The molecule has 1 aromatic heterocycles. The van der Waals surface area contributed by atoms with Gasteiger partial charge in [0, 0.05) is 23.7 Å². The van der Waals surface area contributed by atoms with Gasteiger partial charge in [-0.1, -0.05) is 36.4 Å². The molecule has 0 aliphatic heterocycles. The van der Waals surface area contributed by atoms with Crippen LogP contribution in [0.3, 0.4) is 0 Å². The second kappa shape index (κ2) is 13.5. The van der Waals surface area contributed by atoms with Gasteiger partial charge in [-0.25, -0.2) is 9.59 Å². The summed E-state index contributed by atoms with van der Waals surface area (Å²) in [7, 11) is 2.95. The topological polar surface area (TPSA) is 146 Å². The first-order valence-corrected chi connectivity index (χ1v) is 13.4. The van der Waals surface area contributed by atoms with Crippen LogP contribution in [0.1, 0.15) is 34.5 Å². The zero-order chi connectivity index (χ0) is 31.1. The number of fused-ring (bicyclic) bond motifs is 1. The van der Waals surface area contributed by atoms with Gasteiger partial charge in [0.2, 0.25) is 6.41 Å². The van der Waals surface area contributed by atoms with Crippen molar-refractivity contribution in [1.82, 2.24) is 14.0 Å². The predicted molar refractivity (Wildman–Crippen MR) is 155 cm³/mol. The van der Waals surface area contributed by atoms with Gasteiger partial charge in [0.15, 0.2) is 11.8 Å². The molecule has 12 heteroatoms. The van der Waals surface area contributed by atoms with Crippen molar-refractivity contribution in [3.05, 3.63) is 93.9 Å². The fraction of sp³-hybridized carbons (Fsp3) is 0.258. The van der Waals surface area contributed by atoms with E-state index in [9.17, 15) is 29.1 Å². The van der Waals surface area contributed by atoms with Crippen molar-refractivity contribution in [1.29, 1.82) is 0 Å². The predicted octanol–water partition coefficient (Wildman–Crippen LogP) is 2.90. The number of imidazole rings is 1. The third kappa shape index (κ3) is 6.58. The number of amides is 1. The Balaban J connectivity index is 1.86. The van der Waals surface area contributed by atoms with E-state index in [4.69, 9.17) is 14.2 Å². The summed E-state index contributed by atoms with van der Waals surface area (Å²) in [5, 5.41) is 10.4. The average molecular weight is 590 g/mol. The van der Waals surface area contributed by atoms with Gasteiger partial charge in [0.25, 0.3) is 0 Å². The molecule has 0 radical (unpaired) electrons. The molecule has 1 amide bonds. The zero-order valence-corrected chi connectivity index (χ0v) is 23.9. The first-order valence-electron chi connectivity index (χ1n) is 13.4. The number of carboxylic acids is 1. The molecule has 3 aromatic carbocycles. The van der Waals surface area contributed by atoms with Gasteiger partial charge in [-0.3, -0.25) is 23.5 Å². The monoisotopic (exact) mass is 589 g/mol. The Morgan fingerprint density at radius 2 is 1.65 bits per heavy atom. The van der Waals surface area contributed by atoms with Crippen molar-refractivity contribution < 1.29 is 38.5 Å². The maximum absolute atomic E-state index is 13.9. The number of ether oxygens (including phenoxy) is 3. The Hall–Kier alpha value is -5.39. The van der Waals surface area contributed by atoms with Gasteiger partial charge in [-0.05, 0) is 36.8 Å². The highest BCUT2D eigenvalue weighted by molar-refractivity contribution is 6.15. The summed E-state index contributed by atoms with van der Waals surface area (Å²) in [6.45, 7) is 0.710. The highest BCUT2D eigenvalue weighted by atomic mass is 16.5. The van der Waals surface area contributed by atoms with Crippen LogP contribution in [-0.2, 0) is 32.2 Å². The van der Waals surface area contributed by atoms with E-state index in [0.29, 0.717) is 29.0 Å². The van der Waals surface area contributed by atoms with Crippen molar-refractivity contribution in [3.8, 4) is 11.5 Å². The summed E-state index contributed by atoms with van der Waals surface area (Å²) in [5.41, 5.74) is 0.306. The number of carbonyl (C=O) groups excluding carboxylic acids is 3. The lowest BCUT2D eigenvalue weighted by Crippen LogP contribution is -2.39. The van der Waals surface area contributed by atoms with Crippen LogP contribution in [0.2, 0.25) is 0 Å². The molecule has 0 fully saturated rings. The number of aliphatic carboxylic acids is 1. The van der Waals surface area contributed by atoms with Gasteiger partial charge in [0.05, 0.1) is 38.4 Å². The summed E-state index contributed by atoms with van der Waals surface area (Å²) in [6, 6.07) is 16.2. The Kier molecular flexibility index (Phi) is 9.61. The van der Waals surface area contributed by atoms with Crippen molar-refractivity contribution in [2.24, 2.45) is 0 Å². The summed E-state index contributed by atoms with van der Waals surface area (Å²) in [5.74, 6) is -1.64. The minimum Gasteiger partial charge on any atom is -0.497 e. The molecule has 0 bridgehead atoms. The highest BCUT2D eigenvalue weighted by Crippen LogP contribution is 2.27. The van der Waals surface area contributed by atoms with Crippen molar-refractivity contribution in [3.63, 3.8) is 0 Å². The van der Waals surface area contributed by atoms with Crippen LogP contribution in [0.25, 0.3) is 11.0 Å². The number of rotatable bonds is 14. The van der Waals surface area contributed by atoms with E-state index in [-0.39, 0.29) is 29.7 Å². The lowest BCUT2D eigenvalue weighted by Gasteiger charge is -2.23. The number of ketones is 1. The van der Waals surface area contributed by atoms with Crippen molar-refractivity contribution in [2.45, 2.75) is 26.1 Å². The van der Waals surface area contributed by atoms with Crippen LogP contribution < -0.4 is 15.2 Å².